The minimum Gasteiger partial charge on any atom is -0.465 e. The Balaban J connectivity index is 1.84. The molecular formula is C16H23NO2S. The van der Waals surface area contributed by atoms with Crippen LogP contribution in [0.3, 0.4) is 0 Å². The molecule has 0 aromatic carbocycles. The summed E-state index contributed by atoms with van der Waals surface area (Å²) in [5, 5.41) is 5.49. The fraction of sp³-hybridized carbons (Fsp3) is 0.500. The van der Waals surface area contributed by atoms with E-state index in [9.17, 15) is 0 Å². The minimum atomic E-state index is 0.0938. The summed E-state index contributed by atoms with van der Waals surface area (Å²) in [6, 6.07) is 6.22. The number of ether oxygens (including phenoxy) is 1. The van der Waals surface area contributed by atoms with Crippen LogP contribution in [0.1, 0.15) is 42.7 Å². The second kappa shape index (κ2) is 6.57. The summed E-state index contributed by atoms with van der Waals surface area (Å²) in [4.78, 5) is 1.25. The van der Waals surface area contributed by atoms with E-state index in [0.29, 0.717) is 13.2 Å². The third-order valence-electron chi connectivity index (χ3n) is 2.95. The Morgan fingerprint density at radius 1 is 1.30 bits per heavy atom. The molecule has 0 aliphatic carbocycles. The lowest BCUT2D eigenvalue weighted by molar-refractivity contribution is 0.108. The van der Waals surface area contributed by atoms with Crippen LogP contribution in [0.2, 0.25) is 0 Å². The lowest BCUT2D eigenvalue weighted by Gasteiger charge is -2.19. The van der Waals surface area contributed by atoms with Crippen LogP contribution in [-0.2, 0) is 24.5 Å². The summed E-state index contributed by atoms with van der Waals surface area (Å²) in [6.45, 7) is 10.4. The SMILES string of the molecule is Cc1oc(CNC(C)(C)C)cc1COCc1cccs1. The Hall–Kier alpha value is -1.10. The second-order valence-corrected chi connectivity index (χ2v) is 7.00. The second-order valence-electron chi connectivity index (χ2n) is 5.97. The Kier molecular flexibility index (Phi) is 5.02. The van der Waals surface area contributed by atoms with Gasteiger partial charge in [0, 0.05) is 16.0 Å². The maximum absolute atomic E-state index is 5.76. The average Bonchev–Trinajstić information content (AvgIpc) is 2.97. The van der Waals surface area contributed by atoms with Crippen LogP contribution in [-0.4, -0.2) is 5.54 Å². The topological polar surface area (TPSA) is 34.4 Å². The lowest BCUT2D eigenvalue weighted by Crippen LogP contribution is -2.34. The number of hydrogen-bond donors (Lipinski definition) is 1. The van der Waals surface area contributed by atoms with E-state index in [4.69, 9.17) is 9.15 Å². The van der Waals surface area contributed by atoms with Crippen LogP contribution in [0.4, 0.5) is 0 Å². The number of hydrogen-bond acceptors (Lipinski definition) is 4. The third-order valence-corrected chi connectivity index (χ3v) is 3.80. The summed E-state index contributed by atoms with van der Waals surface area (Å²) in [7, 11) is 0. The molecule has 0 aliphatic heterocycles. The molecule has 2 aromatic heterocycles. The molecule has 2 rings (SSSR count). The first kappa shape index (κ1) is 15.3. The molecule has 0 fully saturated rings. The fourth-order valence-electron chi connectivity index (χ4n) is 1.83. The average molecular weight is 293 g/mol. The van der Waals surface area contributed by atoms with Crippen LogP contribution in [0.15, 0.2) is 28.0 Å². The van der Waals surface area contributed by atoms with Crippen molar-refractivity contribution >= 4 is 11.3 Å². The highest BCUT2D eigenvalue weighted by molar-refractivity contribution is 7.09. The molecule has 0 bridgehead atoms. The molecule has 2 heterocycles. The molecule has 0 unspecified atom stereocenters. The quantitative estimate of drug-likeness (QED) is 0.864. The lowest BCUT2D eigenvalue weighted by atomic mass is 10.1. The van der Waals surface area contributed by atoms with E-state index >= 15 is 0 Å². The molecule has 3 nitrogen and oxygen atoms in total. The van der Waals surface area contributed by atoms with Gasteiger partial charge in [-0.3, -0.25) is 0 Å². The molecule has 4 heteroatoms. The van der Waals surface area contributed by atoms with Gasteiger partial charge in [0.25, 0.3) is 0 Å². The predicted octanol–water partition coefficient (Wildman–Crippen LogP) is 4.25. The number of aryl methyl sites for hydroxylation is 1. The summed E-state index contributed by atoms with van der Waals surface area (Å²) >= 11 is 1.72. The van der Waals surface area contributed by atoms with Gasteiger partial charge in [-0.25, -0.2) is 0 Å². The van der Waals surface area contributed by atoms with Crippen molar-refractivity contribution < 1.29 is 9.15 Å². The monoisotopic (exact) mass is 293 g/mol. The van der Waals surface area contributed by atoms with E-state index in [-0.39, 0.29) is 5.54 Å². The Bertz CT molecular complexity index is 523. The summed E-state index contributed by atoms with van der Waals surface area (Å²) < 4.78 is 11.5. The Morgan fingerprint density at radius 2 is 2.10 bits per heavy atom. The van der Waals surface area contributed by atoms with Crippen molar-refractivity contribution in [1.82, 2.24) is 5.32 Å². The van der Waals surface area contributed by atoms with Crippen LogP contribution < -0.4 is 5.32 Å². The van der Waals surface area contributed by atoms with Gasteiger partial charge in [0.1, 0.15) is 11.5 Å². The molecule has 20 heavy (non-hydrogen) atoms. The van der Waals surface area contributed by atoms with Gasteiger partial charge in [0.05, 0.1) is 19.8 Å². The highest BCUT2D eigenvalue weighted by atomic mass is 32.1. The van der Waals surface area contributed by atoms with Gasteiger partial charge in [0.15, 0.2) is 0 Å². The molecule has 0 atom stereocenters. The molecule has 0 saturated carbocycles. The van der Waals surface area contributed by atoms with Crippen molar-refractivity contribution in [3.05, 3.63) is 45.5 Å². The van der Waals surface area contributed by atoms with E-state index in [0.717, 1.165) is 23.6 Å². The van der Waals surface area contributed by atoms with E-state index in [1.807, 2.05) is 13.0 Å². The number of nitrogens with one attached hydrogen (secondary N) is 1. The van der Waals surface area contributed by atoms with Crippen LogP contribution in [0.25, 0.3) is 0 Å². The minimum absolute atomic E-state index is 0.0938. The van der Waals surface area contributed by atoms with Crippen LogP contribution in [0, 0.1) is 6.92 Å². The maximum Gasteiger partial charge on any atom is 0.118 e. The molecule has 0 aliphatic rings. The predicted molar refractivity (Wildman–Crippen MR) is 82.8 cm³/mol. The standard InChI is InChI=1S/C16H23NO2S/c1-12-13(10-18-11-15-6-5-7-20-15)8-14(19-12)9-17-16(2,3)4/h5-8,17H,9-11H2,1-4H3. The van der Waals surface area contributed by atoms with E-state index in [1.165, 1.54) is 4.88 Å². The van der Waals surface area contributed by atoms with Crippen molar-refractivity contribution in [2.75, 3.05) is 0 Å². The molecule has 110 valence electrons. The third kappa shape index (κ3) is 4.78. The molecule has 0 spiro atoms. The van der Waals surface area contributed by atoms with Crippen molar-refractivity contribution in [1.29, 1.82) is 0 Å². The molecule has 2 aromatic rings. The van der Waals surface area contributed by atoms with E-state index in [2.05, 4.69) is 43.6 Å². The zero-order valence-electron chi connectivity index (χ0n) is 12.7. The number of thiophene rings is 1. The summed E-state index contributed by atoms with van der Waals surface area (Å²) in [5.41, 5.74) is 1.23. The summed E-state index contributed by atoms with van der Waals surface area (Å²) in [5.74, 6) is 1.91. The number of rotatable bonds is 6. The van der Waals surface area contributed by atoms with Gasteiger partial charge >= 0.3 is 0 Å². The molecule has 1 N–H and O–H groups in total. The maximum atomic E-state index is 5.76. The van der Waals surface area contributed by atoms with Gasteiger partial charge < -0.3 is 14.5 Å². The Labute approximate surface area is 125 Å². The zero-order chi connectivity index (χ0) is 14.6. The van der Waals surface area contributed by atoms with Crippen molar-refractivity contribution in [3.8, 4) is 0 Å². The highest BCUT2D eigenvalue weighted by Gasteiger charge is 2.12. The smallest absolute Gasteiger partial charge is 0.118 e. The van der Waals surface area contributed by atoms with Crippen LogP contribution in [0.5, 0.6) is 0 Å². The first-order chi connectivity index (χ1) is 9.44. The summed E-state index contributed by atoms with van der Waals surface area (Å²) in [6.07, 6.45) is 0. The van der Waals surface area contributed by atoms with Crippen molar-refractivity contribution in [2.24, 2.45) is 0 Å². The van der Waals surface area contributed by atoms with E-state index in [1.54, 1.807) is 11.3 Å². The van der Waals surface area contributed by atoms with Gasteiger partial charge in [0.2, 0.25) is 0 Å². The molecule has 0 radical (unpaired) electrons. The van der Waals surface area contributed by atoms with E-state index < -0.39 is 0 Å². The van der Waals surface area contributed by atoms with Crippen molar-refractivity contribution in [3.63, 3.8) is 0 Å². The van der Waals surface area contributed by atoms with Gasteiger partial charge in [-0.15, -0.1) is 11.3 Å². The first-order valence-electron chi connectivity index (χ1n) is 6.87. The number of furan rings is 1. The first-order valence-corrected chi connectivity index (χ1v) is 7.75. The largest absolute Gasteiger partial charge is 0.465 e. The van der Waals surface area contributed by atoms with Crippen molar-refractivity contribution in [2.45, 2.75) is 53.0 Å². The van der Waals surface area contributed by atoms with Gasteiger partial charge in [-0.05, 0) is 45.2 Å². The zero-order valence-corrected chi connectivity index (χ0v) is 13.5. The van der Waals surface area contributed by atoms with Gasteiger partial charge in [-0.2, -0.15) is 0 Å². The molecule has 0 amide bonds. The Morgan fingerprint density at radius 3 is 2.75 bits per heavy atom. The van der Waals surface area contributed by atoms with Gasteiger partial charge in [-0.1, -0.05) is 6.07 Å². The highest BCUT2D eigenvalue weighted by Crippen LogP contribution is 2.18. The van der Waals surface area contributed by atoms with Crippen LogP contribution >= 0.6 is 11.3 Å². The normalized spacial score (nSPS) is 12.0. The fourth-order valence-corrected chi connectivity index (χ4v) is 2.47. The molecular weight excluding hydrogens is 270 g/mol. The molecule has 0 saturated heterocycles.